The number of nitrogens with zero attached hydrogens (tertiary/aromatic N) is 3. The molecule has 98 valence electrons. The third-order valence-corrected chi connectivity index (χ3v) is 3.31. The van der Waals surface area contributed by atoms with Gasteiger partial charge in [0.2, 0.25) is 0 Å². The Balaban J connectivity index is 2.10. The van der Waals surface area contributed by atoms with Crippen molar-refractivity contribution in [2.24, 2.45) is 0 Å². The monoisotopic (exact) mass is 295 g/mol. The van der Waals surface area contributed by atoms with Crippen LogP contribution in [0.2, 0.25) is 5.02 Å². The third-order valence-electron chi connectivity index (χ3n) is 2.86. The van der Waals surface area contributed by atoms with Gasteiger partial charge in [0.05, 0.1) is 17.4 Å². The van der Waals surface area contributed by atoms with Gasteiger partial charge in [-0.25, -0.2) is 9.97 Å². The average Bonchev–Trinajstić information content (AvgIpc) is 2.94. The van der Waals surface area contributed by atoms with E-state index in [1.807, 2.05) is 23.6 Å². The van der Waals surface area contributed by atoms with Gasteiger partial charge in [0.25, 0.3) is 0 Å². The van der Waals surface area contributed by atoms with E-state index in [1.165, 1.54) is 0 Å². The Hall–Kier alpha value is -1.52. The van der Waals surface area contributed by atoms with Crippen LogP contribution in [0, 0.1) is 6.92 Å². The highest BCUT2D eigenvalue weighted by atomic mass is 35.5. The molecule has 0 bridgehead atoms. The number of aromatic nitrogens is 3. The number of halogens is 2. The van der Waals surface area contributed by atoms with Gasteiger partial charge in [-0.05, 0) is 25.1 Å². The second-order valence-electron chi connectivity index (χ2n) is 4.26. The Morgan fingerprint density at radius 2 is 2.21 bits per heavy atom. The fourth-order valence-electron chi connectivity index (χ4n) is 2.03. The summed E-state index contributed by atoms with van der Waals surface area (Å²) in [4.78, 5) is 8.76. The fraction of sp³-hybridized carbons (Fsp3) is 0.231. The number of rotatable bonds is 3. The summed E-state index contributed by atoms with van der Waals surface area (Å²) < 4.78 is 7.52. The minimum atomic E-state index is 0.313. The summed E-state index contributed by atoms with van der Waals surface area (Å²) in [5.74, 6) is 2.79. The Morgan fingerprint density at radius 1 is 1.37 bits per heavy atom. The number of alkyl halides is 1. The highest BCUT2D eigenvalue weighted by molar-refractivity contribution is 6.31. The Bertz CT molecular complexity index is 733. The zero-order chi connectivity index (χ0) is 13.4. The van der Waals surface area contributed by atoms with Crippen LogP contribution in [-0.2, 0) is 12.4 Å². The lowest BCUT2D eigenvalue weighted by Gasteiger charge is -2.04. The largest absolute Gasteiger partial charge is 0.464 e. The number of imidazole rings is 1. The molecule has 3 aromatic rings. The van der Waals surface area contributed by atoms with Gasteiger partial charge in [-0.2, -0.15) is 0 Å². The molecular weight excluding hydrogens is 285 g/mol. The number of fused-ring (bicyclic) bond motifs is 1. The summed E-state index contributed by atoms with van der Waals surface area (Å²) in [7, 11) is 0. The first kappa shape index (κ1) is 12.5. The third kappa shape index (κ3) is 2.33. The topological polar surface area (TPSA) is 43.9 Å². The van der Waals surface area contributed by atoms with Crippen molar-refractivity contribution in [1.29, 1.82) is 0 Å². The lowest BCUT2D eigenvalue weighted by molar-refractivity contribution is 0.469. The summed E-state index contributed by atoms with van der Waals surface area (Å²) in [6.07, 6.45) is 1.60. The first-order valence-corrected chi connectivity index (χ1v) is 6.70. The van der Waals surface area contributed by atoms with Gasteiger partial charge in [0.15, 0.2) is 5.65 Å². The minimum absolute atomic E-state index is 0.313. The van der Waals surface area contributed by atoms with E-state index >= 15 is 0 Å². The van der Waals surface area contributed by atoms with E-state index in [0.717, 1.165) is 28.5 Å². The molecule has 0 saturated carbocycles. The second kappa shape index (κ2) is 4.87. The first-order chi connectivity index (χ1) is 9.17. The maximum absolute atomic E-state index is 5.94. The summed E-state index contributed by atoms with van der Waals surface area (Å²) >= 11 is 11.9. The normalized spacial score (nSPS) is 11.3. The average molecular weight is 296 g/mol. The van der Waals surface area contributed by atoms with Crippen LogP contribution < -0.4 is 0 Å². The van der Waals surface area contributed by atoms with Gasteiger partial charge in [-0.15, -0.1) is 11.6 Å². The summed E-state index contributed by atoms with van der Waals surface area (Å²) in [5.41, 5.74) is 1.50. The maximum atomic E-state index is 5.94. The molecule has 3 aromatic heterocycles. The number of furan rings is 1. The van der Waals surface area contributed by atoms with Crippen LogP contribution in [0.1, 0.15) is 17.3 Å². The van der Waals surface area contributed by atoms with Gasteiger partial charge in [-0.1, -0.05) is 11.6 Å². The quantitative estimate of drug-likeness (QED) is 0.691. The molecule has 0 N–H and O–H groups in total. The van der Waals surface area contributed by atoms with Gasteiger partial charge in [0.1, 0.15) is 22.9 Å². The summed E-state index contributed by atoms with van der Waals surface area (Å²) in [5, 5.41) is 0.562. The van der Waals surface area contributed by atoms with Crippen LogP contribution in [0.25, 0.3) is 11.2 Å². The van der Waals surface area contributed by atoms with Crippen LogP contribution in [0.3, 0.4) is 0 Å². The molecule has 0 spiro atoms. The smallest absolute Gasteiger partial charge is 0.160 e. The number of hydrogen-bond donors (Lipinski definition) is 0. The van der Waals surface area contributed by atoms with Crippen LogP contribution >= 0.6 is 23.2 Å². The van der Waals surface area contributed by atoms with Gasteiger partial charge in [0, 0.05) is 6.20 Å². The van der Waals surface area contributed by atoms with Gasteiger partial charge < -0.3 is 8.98 Å². The summed E-state index contributed by atoms with van der Waals surface area (Å²) in [6.45, 7) is 2.47. The van der Waals surface area contributed by atoms with Gasteiger partial charge in [-0.3, -0.25) is 0 Å². The molecule has 0 aliphatic rings. The Morgan fingerprint density at radius 3 is 2.89 bits per heavy atom. The van der Waals surface area contributed by atoms with E-state index < -0.39 is 0 Å². The number of hydrogen-bond acceptors (Lipinski definition) is 3. The molecule has 0 amide bonds. The van der Waals surface area contributed by atoms with Crippen molar-refractivity contribution >= 4 is 34.4 Å². The van der Waals surface area contributed by atoms with E-state index in [4.69, 9.17) is 27.6 Å². The predicted molar refractivity (Wildman–Crippen MR) is 74.6 cm³/mol. The van der Waals surface area contributed by atoms with E-state index in [1.54, 1.807) is 12.3 Å². The molecule has 0 atom stereocenters. The number of pyridine rings is 1. The van der Waals surface area contributed by atoms with E-state index in [9.17, 15) is 0 Å². The van der Waals surface area contributed by atoms with Crippen molar-refractivity contribution in [2.45, 2.75) is 19.3 Å². The molecule has 0 radical (unpaired) electrons. The lowest BCUT2D eigenvalue weighted by atomic mass is 10.4. The molecule has 3 rings (SSSR count). The van der Waals surface area contributed by atoms with Crippen molar-refractivity contribution in [3.63, 3.8) is 0 Å². The Kier molecular flexibility index (Phi) is 3.21. The molecule has 19 heavy (non-hydrogen) atoms. The van der Waals surface area contributed by atoms with E-state index in [2.05, 4.69) is 9.97 Å². The number of aryl methyl sites for hydroxylation is 1. The van der Waals surface area contributed by atoms with Crippen LogP contribution in [0.5, 0.6) is 0 Å². The molecule has 0 unspecified atom stereocenters. The van der Waals surface area contributed by atoms with E-state index in [0.29, 0.717) is 17.4 Å². The molecule has 4 nitrogen and oxygen atoms in total. The minimum Gasteiger partial charge on any atom is -0.464 e. The van der Waals surface area contributed by atoms with Crippen LogP contribution in [0.15, 0.2) is 28.8 Å². The maximum Gasteiger partial charge on any atom is 0.160 e. The molecule has 0 aromatic carbocycles. The molecule has 6 heteroatoms. The zero-order valence-corrected chi connectivity index (χ0v) is 11.7. The second-order valence-corrected chi connectivity index (χ2v) is 4.96. The first-order valence-electron chi connectivity index (χ1n) is 5.79. The standard InChI is InChI=1S/C13H11Cl2N3O/c1-8-2-3-10(19-8)7-18-12(5-14)17-11-4-9(15)6-16-13(11)18/h2-4,6H,5,7H2,1H3. The van der Waals surface area contributed by atoms with Gasteiger partial charge >= 0.3 is 0 Å². The lowest BCUT2D eigenvalue weighted by Crippen LogP contribution is -2.03. The van der Waals surface area contributed by atoms with Crippen molar-refractivity contribution in [1.82, 2.24) is 14.5 Å². The predicted octanol–water partition coefficient (Wildman–Crippen LogP) is 3.77. The van der Waals surface area contributed by atoms with Crippen molar-refractivity contribution < 1.29 is 4.42 Å². The Labute approximate surface area is 120 Å². The van der Waals surface area contributed by atoms with Crippen molar-refractivity contribution in [2.75, 3.05) is 0 Å². The fourth-order valence-corrected chi connectivity index (χ4v) is 2.38. The molecule has 0 saturated heterocycles. The SMILES string of the molecule is Cc1ccc(Cn2c(CCl)nc3cc(Cl)cnc32)o1. The highest BCUT2D eigenvalue weighted by Crippen LogP contribution is 2.21. The summed E-state index contributed by atoms with van der Waals surface area (Å²) in [6, 6.07) is 5.65. The van der Waals surface area contributed by atoms with Crippen LogP contribution in [0.4, 0.5) is 0 Å². The van der Waals surface area contributed by atoms with Crippen molar-refractivity contribution in [3.05, 3.63) is 46.8 Å². The van der Waals surface area contributed by atoms with Crippen molar-refractivity contribution in [3.8, 4) is 0 Å². The van der Waals surface area contributed by atoms with E-state index in [-0.39, 0.29) is 0 Å². The zero-order valence-electron chi connectivity index (χ0n) is 10.2. The molecular formula is C13H11Cl2N3O. The van der Waals surface area contributed by atoms with Crippen LogP contribution in [-0.4, -0.2) is 14.5 Å². The molecule has 0 fully saturated rings. The molecule has 0 aliphatic carbocycles. The highest BCUT2D eigenvalue weighted by Gasteiger charge is 2.13. The molecule has 0 aliphatic heterocycles. The molecule has 3 heterocycles.